The molecule has 0 amide bonds. The molecule has 3 atom stereocenters. The van der Waals surface area contributed by atoms with Crippen LogP contribution in [0.1, 0.15) is 91.9 Å². The second-order valence-electron chi connectivity index (χ2n) is 6.48. The van der Waals surface area contributed by atoms with Crippen LogP contribution in [-0.4, -0.2) is 30.7 Å². The molecule has 3 unspecified atom stereocenters. The SMILES string of the molecule is CCCCCCCCOC(O)C(C)OCC(CC)CCCC. The van der Waals surface area contributed by atoms with Crippen molar-refractivity contribution in [3.05, 3.63) is 0 Å². The highest BCUT2D eigenvalue weighted by Crippen LogP contribution is 2.15. The molecule has 0 radical (unpaired) electrons. The van der Waals surface area contributed by atoms with E-state index in [1.54, 1.807) is 0 Å². The van der Waals surface area contributed by atoms with Crippen LogP contribution in [0.5, 0.6) is 0 Å². The zero-order chi connectivity index (χ0) is 16.6. The predicted molar refractivity (Wildman–Crippen MR) is 94.1 cm³/mol. The van der Waals surface area contributed by atoms with Crippen molar-refractivity contribution in [3.8, 4) is 0 Å². The number of unbranched alkanes of at least 4 members (excludes halogenated alkanes) is 6. The van der Waals surface area contributed by atoms with Gasteiger partial charge in [0.2, 0.25) is 0 Å². The van der Waals surface area contributed by atoms with Crippen molar-refractivity contribution in [3.63, 3.8) is 0 Å². The smallest absolute Gasteiger partial charge is 0.180 e. The van der Waals surface area contributed by atoms with Gasteiger partial charge in [-0.25, -0.2) is 0 Å². The quantitative estimate of drug-likeness (QED) is 0.310. The molecule has 0 rings (SSSR count). The average molecular weight is 317 g/mol. The van der Waals surface area contributed by atoms with Crippen molar-refractivity contribution in [2.45, 2.75) is 104 Å². The van der Waals surface area contributed by atoms with Gasteiger partial charge in [0, 0.05) is 13.2 Å². The molecular weight excluding hydrogens is 276 g/mol. The van der Waals surface area contributed by atoms with Crippen LogP contribution in [0.4, 0.5) is 0 Å². The summed E-state index contributed by atoms with van der Waals surface area (Å²) in [6.45, 7) is 9.92. The molecule has 0 saturated carbocycles. The van der Waals surface area contributed by atoms with E-state index in [-0.39, 0.29) is 6.10 Å². The molecule has 22 heavy (non-hydrogen) atoms. The van der Waals surface area contributed by atoms with Crippen LogP contribution in [0.2, 0.25) is 0 Å². The van der Waals surface area contributed by atoms with Gasteiger partial charge in [0.1, 0.15) is 6.10 Å². The maximum absolute atomic E-state index is 9.97. The van der Waals surface area contributed by atoms with Crippen molar-refractivity contribution in [1.82, 2.24) is 0 Å². The first kappa shape index (κ1) is 21.9. The Morgan fingerprint density at radius 3 is 2.09 bits per heavy atom. The summed E-state index contributed by atoms with van der Waals surface area (Å²) in [4.78, 5) is 0. The average Bonchev–Trinajstić information content (AvgIpc) is 2.53. The van der Waals surface area contributed by atoms with E-state index in [2.05, 4.69) is 20.8 Å². The first-order valence-electron chi connectivity index (χ1n) is 9.56. The van der Waals surface area contributed by atoms with E-state index >= 15 is 0 Å². The highest BCUT2D eigenvalue weighted by atomic mass is 16.6. The molecule has 134 valence electrons. The molecule has 0 aromatic heterocycles. The van der Waals surface area contributed by atoms with Crippen molar-refractivity contribution < 1.29 is 14.6 Å². The maximum atomic E-state index is 9.97. The Hall–Kier alpha value is -0.120. The lowest BCUT2D eigenvalue weighted by Crippen LogP contribution is -2.30. The Morgan fingerprint density at radius 1 is 0.818 bits per heavy atom. The fraction of sp³-hybridized carbons (Fsp3) is 1.00. The number of hydrogen-bond donors (Lipinski definition) is 1. The van der Waals surface area contributed by atoms with Gasteiger partial charge in [0.15, 0.2) is 6.29 Å². The van der Waals surface area contributed by atoms with Gasteiger partial charge in [-0.3, -0.25) is 0 Å². The molecule has 0 fully saturated rings. The Morgan fingerprint density at radius 2 is 1.45 bits per heavy atom. The fourth-order valence-corrected chi connectivity index (χ4v) is 2.49. The van der Waals surface area contributed by atoms with E-state index in [4.69, 9.17) is 9.47 Å². The summed E-state index contributed by atoms with van der Waals surface area (Å²) in [5, 5.41) is 9.97. The number of ether oxygens (including phenoxy) is 2. The fourth-order valence-electron chi connectivity index (χ4n) is 2.49. The summed E-state index contributed by atoms with van der Waals surface area (Å²) in [5.74, 6) is 0.605. The molecule has 0 aliphatic carbocycles. The van der Waals surface area contributed by atoms with Crippen LogP contribution < -0.4 is 0 Å². The lowest BCUT2D eigenvalue weighted by Gasteiger charge is -2.23. The largest absolute Gasteiger partial charge is 0.373 e. The van der Waals surface area contributed by atoms with Gasteiger partial charge >= 0.3 is 0 Å². The molecule has 0 heterocycles. The highest BCUT2D eigenvalue weighted by molar-refractivity contribution is 4.60. The van der Waals surface area contributed by atoms with E-state index in [1.165, 1.54) is 51.4 Å². The first-order chi connectivity index (χ1) is 10.7. The molecule has 0 aliphatic rings. The van der Waals surface area contributed by atoms with Gasteiger partial charge in [-0.1, -0.05) is 72.1 Å². The Labute approximate surface area is 138 Å². The zero-order valence-corrected chi connectivity index (χ0v) is 15.5. The summed E-state index contributed by atoms with van der Waals surface area (Å²) >= 11 is 0. The van der Waals surface area contributed by atoms with E-state index in [9.17, 15) is 5.11 Å². The molecule has 0 aromatic rings. The van der Waals surface area contributed by atoms with Gasteiger partial charge in [-0.15, -0.1) is 0 Å². The van der Waals surface area contributed by atoms with Gasteiger partial charge in [-0.05, 0) is 25.7 Å². The Kier molecular flexibility index (Phi) is 15.7. The van der Waals surface area contributed by atoms with Crippen LogP contribution in [-0.2, 0) is 9.47 Å². The third kappa shape index (κ3) is 12.4. The summed E-state index contributed by atoms with van der Waals surface area (Å²) in [6, 6.07) is 0. The van der Waals surface area contributed by atoms with Crippen molar-refractivity contribution in [2.24, 2.45) is 5.92 Å². The summed E-state index contributed by atoms with van der Waals surface area (Å²) in [5.41, 5.74) is 0. The van der Waals surface area contributed by atoms with Gasteiger partial charge in [0.25, 0.3) is 0 Å². The topological polar surface area (TPSA) is 38.7 Å². The standard InChI is InChI=1S/C19H40O3/c1-5-8-10-11-12-13-15-21-19(20)17(4)22-16-18(7-3)14-9-6-2/h17-20H,5-16H2,1-4H3. The first-order valence-corrected chi connectivity index (χ1v) is 9.56. The molecule has 0 aromatic carbocycles. The molecule has 0 aliphatic heterocycles. The van der Waals surface area contributed by atoms with Crippen molar-refractivity contribution in [1.29, 1.82) is 0 Å². The van der Waals surface area contributed by atoms with E-state index in [1.807, 2.05) is 6.92 Å². The maximum Gasteiger partial charge on any atom is 0.180 e. The number of hydrogen-bond acceptors (Lipinski definition) is 3. The monoisotopic (exact) mass is 316 g/mol. The van der Waals surface area contributed by atoms with Crippen LogP contribution in [0.25, 0.3) is 0 Å². The lowest BCUT2D eigenvalue weighted by atomic mass is 10.0. The third-order valence-electron chi connectivity index (χ3n) is 4.33. The lowest BCUT2D eigenvalue weighted by molar-refractivity contribution is -0.176. The molecule has 0 spiro atoms. The van der Waals surface area contributed by atoms with Crippen LogP contribution >= 0.6 is 0 Å². The van der Waals surface area contributed by atoms with E-state index in [0.717, 1.165) is 19.4 Å². The minimum absolute atomic E-state index is 0.240. The second-order valence-corrected chi connectivity index (χ2v) is 6.48. The zero-order valence-electron chi connectivity index (χ0n) is 15.5. The third-order valence-corrected chi connectivity index (χ3v) is 4.33. The Bertz CT molecular complexity index is 221. The minimum atomic E-state index is -0.792. The molecule has 3 heteroatoms. The van der Waals surface area contributed by atoms with E-state index in [0.29, 0.717) is 12.5 Å². The molecule has 0 saturated heterocycles. The van der Waals surface area contributed by atoms with Gasteiger partial charge in [0.05, 0.1) is 0 Å². The normalized spacial score (nSPS) is 15.7. The summed E-state index contributed by atoms with van der Waals surface area (Å²) in [6.07, 6.45) is 11.2. The van der Waals surface area contributed by atoms with Crippen LogP contribution in [0, 0.1) is 5.92 Å². The van der Waals surface area contributed by atoms with E-state index < -0.39 is 6.29 Å². The highest BCUT2D eigenvalue weighted by Gasteiger charge is 2.17. The Balaban J connectivity index is 3.62. The molecule has 0 bridgehead atoms. The summed E-state index contributed by atoms with van der Waals surface area (Å²) in [7, 11) is 0. The molecule has 3 nitrogen and oxygen atoms in total. The molecule has 1 N–H and O–H groups in total. The van der Waals surface area contributed by atoms with Gasteiger partial charge < -0.3 is 14.6 Å². The second kappa shape index (κ2) is 15.8. The number of aliphatic hydroxyl groups excluding tert-OH is 1. The minimum Gasteiger partial charge on any atom is -0.373 e. The van der Waals surface area contributed by atoms with Crippen molar-refractivity contribution >= 4 is 0 Å². The molecular formula is C19H40O3. The van der Waals surface area contributed by atoms with Crippen molar-refractivity contribution in [2.75, 3.05) is 13.2 Å². The van der Waals surface area contributed by atoms with Crippen LogP contribution in [0.3, 0.4) is 0 Å². The summed E-state index contributed by atoms with van der Waals surface area (Å²) < 4.78 is 11.3. The predicted octanol–water partition coefficient (Wildman–Crippen LogP) is 5.30. The number of rotatable bonds is 16. The van der Waals surface area contributed by atoms with Crippen LogP contribution in [0.15, 0.2) is 0 Å². The number of aliphatic hydroxyl groups is 1. The van der Waals surface area contributed by atoms with Gasteiger partial charge in [-0.2, -0.15) is 0 Å².